The van der Waals surface area contributed by atoms with E-state index in [1.165, 1.54) is 24.0 Å². The number of carbonyl (C=O) groups is 2. The van der Waals surface area contributed by atoms with Gasteiger partial charge in [-0.3, -0.25) is 0 Å². The fourth-order valence-electron chi connectivity index (χ4n) is 2.42. The zero-order valence-electron chi connectivity index (χ0n) is 11.9. The number of nitrogens with one attached hydrogen (secondary N) is 1. The van der Waals surface area contributed by atoms with Gasteiger partial charge in [0.1, 0.15) is 5.67 Å². The zero-order valence-corrected chi connectivity index (χ0v) is 11.9. The second-order valence-corrected chi connectivity index (χ2v) is 5.60. The van der Waals surface area contributed by atoms with Crippen LogP contribution in [-0.2, 0) is 6.54 Å². The standard InChI is InChI=1S/C15H19FN2O3/c1-15(16)7-2-8-18(10-15)14(21)17-9-11-3-5-12(6-4-11)13(19)20/h3-6H,2,7-10H2,1H3,(H,17,21)(H,19,20). The Morgan fingerprint density at radius 3 is 2.62 bits per heavy atom. The van der Waals surface area contributed by atoms with E-state index in [9.17, 15) is 14.0 Å². The number of rotatable bonds is 3. The molecule has 0 radical (unpaired) electrons. The van der Waals surface area contributed by atoms with Crippen molar-refractivity contribution in [2.45, 2.75) is 32.0 Å². The molecule has 0 bridgehead atoms. The molecule has 21 heavy (non-hydrogen) atoms. The molecule has 1 atom stereocenters. The number of aromatic carboxylic acids is 1. The number of carboxylic acid groups (broad SMARTS) is 1. The van der Waals surface area contributed by atoms with Gasteiger partial charge in [-0.1, -0.05) is 12.1 Å². The molecule has 1 aromatic rings. The smallest absolute Gasteiger partial charge is 0.335 e. The van der Waals surface area contributed by atoms with Crippen LogP contribution >= 0.6 is 0 Å². The van der Waals surface area contributed by atoms with Crippen LogP contribution in [0.2, 0.25) is 0 Å². The van der Waals surface area contributed by atoms with Gasteiger partial charge >= 0.3 is 12.0 Å². The average molecular weight is 294 g/mol. The molecule has 0 aliphatic carbocycles. The molecule has 0 spiro atoms. The van der Waals surface area contributed by atoms with E-state index in [0.717, 1.165) is 5.56 Å². The van der Waals surface area contributed by atoms with Crippen molar-refractivity contribution in [2.24, 2.45) is 0 Å². The van der Waals surface area contributed by atoms with Crippen LogP contribution in [0, 0.1) is 0 Å². The molecule has 1 unspecified atom stereocenters. The van der Waals surface area contributed by atoms with Crippen molar-refractivity contribution >= 4 is 12.0 Å². The average Bonchev–Trinajstić information content (AvgIpc) is 2.44. The SMILES string of the molecule is CC1(F)CCCN(C(=O)NCc2ccc(C(=O)O)cc2)C1. The summed E-state index contributed by atoms with van der Waals surface area (Å²) in [6, 6.07) is 5.99. The van der Waals surface area contributed by atoms with E-state index in [1.54, 1.807) is 12.1 Å². The van der Waals surface area contributed by atoms with Gasteiger partial charge in [-0.25, -0.2) is 14.0 Å². The first-order valence-corrected chi connectivity index (χ1v) is 6.91. The minimum atomic E-state index is -1.32. The van der Waals surface area contributed by atoms with Crippen LogP contribution in [0.3, 0.4) is 0 Å². The lowest BCUT2D eigenvalue weighted by atomic mass is 9.97. The highest BCUT2D eigenvalue weighted by Gasteiger charge is 2.32. The molecule has 2 rings (SSSR count). The second-order valence-electron chi connectivity index (χ2n) is 5.60. The molecule has 1 saturated heterocycles. The van der Waals surface area contributed by atoms with Gasteiger partial charge in [-0.05, 0) is 37.5 Å². The summed E-state index contributed by atoms with van der Waals surface area (Å²) in [5.41, 5.74) is -0.318. The first kappa shape index (κ1) is 15.3. The molecule has 1 fully saturated rings. The van der Waals surface area contributed by atoms with Crippen molar-refractivity contribution in [3.05, 3.63) is 35.4 Å². The Morgan fingerprint density at radius 2 is 2.05 bits per heavy atom. The minimum absolute atomic E-state index is 0.108. The van der Waals surface area contributed by atoms with E-state index in [-0.39, 0.29) is 24.7 Å². The van der Waals surface area contributed by atoms with Crippen molar-refractivity contribution in [1.82, 2.24) is 10.2 Å². The molecule has 1 aliphatic rings. The number of likely N-dealkylation sites (tertiary alicyclic amines) is 1. The van der Waals surface area contributed by atoms with Gasteiger partial charge in [0.25, 0.3) is 0 Å². The summed E-state index contributed by atoms with van der Waals surface area (Å²) in [6.45, 7) is 2.47. The summed E-state index contributed by atoms with van der Waals surface area (Å²) in [5.74, 6) is -0.985. The Labute approximate surface area is 122 Å². The summed E-state index contributed by atoms with van der Waals surface area (Å²) in [7, 11) is 0. The number of hydrogen-bond donors (Lipinski definition) is 2. The molecule has 5 nitrogen and oxygen atoms in total. The molecule has 2 amide bonds. The van der Waals surface area contributed by atoms with Gasteiger partial charge in [-0.15, -0.1) is 0 Å². The summed E-state index contributed by atoms with van der Waals surface area (Å²) in [4.78, 5) is 24.2. The number of nitrogens with zero attached hydrogens (tertiary/aromatic N) is 1. The molecular formula is C15H19FN2O3. The third-order valence-corrected chi connectivity index (χ3v) is 3.58. The maximum atomic E-state index is 13.9. The number of halogens is 1. The summed E-state index contributed by atoms with van der Waals surface area (Å²) < 4.78 is 13.9. The van der Waals surface area contributed by atoms with Crippen molar-refractivity contribution in [3.63, 3.8) is 0 Å². The van der Waals surface area contributed by atoms with Crippen LogP contribution in [-0.4, -0.2) is 40.8 Å². The van der Waals surface area contributed by atoms with Crippen LogP contribution in [0.15, 0.2) is 24.3 Å². The van der Waals surface area contributed by atoms with Crippen LogP contribution in [0.1, 0.15) is 35.7 Å². The Bertz CT molecular complexity index is 528. The van der Waals surface area contributed by atoms with Crippen LogP contribution < -0.4 is 5.32 Å². The Balaban J connectivity index is 1.87. The summed E-state index contributed by atoms with van der Waals surface area (Å²) >= 11 is 0. The molecule has 6 heteroatoms. The molecular weight excluding hydrogens is 275 g/mol. The molecule has 1 aromatic carbocycles. The predicted octanol–water partition coefficient (Wildman–Crippen LogP) is 2.42. The number of urea groups is 1. The number of carbonyl (C=O) groups excluding carboxylic acids is 1. The number of benzene rings is 1. The zero-order chi connectivity index (χ0) is 15.5. The third kappa shape index (κ3) is 4.18. The predicted molar refractivity (Wildman–Crippen MR) is 76.0 cm³/mol. The van der Waals surface area contributed by atoms with Crippen molar-refractivity contribution in [1.29, 1.82) is 0 Å². The topological polar surface area (TPSA) is 69.6 Å². The Hall–Kier alpha value is -2.11. The van der Waals surface area contributed by atoms with Crippen molar-refractivity contribution in [3.8, 4) is 0 Å². The highest BCUT2D eigenvalue weighted by molar-refractivity contribution is 5.87. The Kier molecular flexibility index (Phi) is 4.45. The summed E-state index contributed by atoms with van der Waals surface area (Å²) in [6.07, 6.45) is 1.14. The molecule has 114 valence electrons. The van der Waals surface area contributed by atoms with Gasteiger partial charge in [0.15, 0.2) is 0 Å². The van der Waals surface area contributed by atoms with E-state index in [1.807, 2.05) is 0 Å². The molecule has 0 aromatic heterocycles. The molecule has 1 aliphatic heterocycles. The first-order valence-electron chi connectivity index (χ1n) is 6.91. The Morgan fingerprint density at radius 1 is 1.38 bits per heavy atom. The lowest BCUT2D eigenvalue weighted by Crippen LogP contribution is -2.49. The van der Waals surface area contributed by atoms with Crippen molar-refractivity contribution < 1.29 is 19.1 Å². The summed E-state index contributed by atoms with van der Waals surface area (Å²) in [5, 5.41) is 11.5. The maximum Gasteiger partial charge on any atom is 0.335 e. The van der Waals surface area contributed by atoms with Gasteiger partial charge in [0, 0.05) is 13.1 Å². The largest absolute Gasteiger partial charge is 0.478 e. The van der Waals surface area contributed by atoms with Crippen LogP contribution in [0.4, 0.5) is 9.18 Å². The van der Waals surface area contributed by atoms with E-state index in [4.69, 9.17) is 5.11 Å². The molecule has 1 heterocycles. The van der Waals surface area contributed by atoms with E-state index in [2.05, 4.69) is 5.32 Å². The lowest BCUT2D eigenvalue weighted by Gasteiger charge is -2.35. The van der Waals surface area contributed by atoms with Crippen LogP contribution in [0.5, 0.6) is 0 Å². The van der Waals surface area contributed by atoms with E-state index in [0.29, 0.717) is 19.4 Å². The monoisotopic (exact) mass is 294 g/mol. The minimum Gasteiger partial charge on any atom is -0.478 e. The molecule has 2 N–H and O–H groups in total. The molecule has 0 saturated carbocycles. The van der Waals surface area contributed by atoms with Crippen LogP contribution in [0.25, 0.3) is 0 Å². The number of hydrogen-bond acceptors (Lipinski definition) is 2. The number of piperidine rings is 1. The second kappa shape index (κ2) is 6.11. The first-order chi connectivity index (χ1) is 9.87. The van der Waals surface area contributed by atoms with E-state index < -0.39 is 11.6 Å². The maximum absolute atomic E-state index is 13.9. The van der Waals surface area contributed by atoms with E-state index >= 15 is 0 Å². The van der Waals surface area contributed by atoms with Gasteiger partial charge < -0.3 is 15.3 Å². The number of carboxylic acids is 1. The van der Waals surface area contributed by atoms with Gasteiger partial charge in [0.2, 0.25) is 0 Å². The van der Waals surface area contributed by atoms with Crippen molar-refractivity contribution in [2.75, 3.05) is 13.1 Å². The highest BCUT2D eigenvalue weighted by atomic mass is 19.1. The number of amides is 2. The van der Waals surface area contributed by atoms with Gasteiger partial charge in [-0.2, -0.15) is 0 Å². The number of alkyl halides is 1. The highest BCUT2D eigenvalue weighted by Crippen LogP contribution is 2.24. The lowest BCUT2D eigenvalue weighted by molar-refractivity contribution is 0.0697. The fraction of sp³-hybridized carbons (Fsp3) is 0.467. The third-order valence-electron chi connectivity index (χ3n) is 3.58. The quantitative estimate of drug-likeness (QED) is 0.899. The van der Waals surface area contributed by atoms with Gasteiger partial charge in [0.05, 0.1) is 12.1 Å². The fourth-order valence-corrected chi connectivity index (χ4v) is 2.42. The normalized spacial score (nSPS) is 21.9.